The molecule has 0 aliphatic heterocycles. The van der Waals surface area contributed by atoms with Crippen molar-refractivity contribution < 1.29 is 8.42 Å². The first-order chi connectivity index (χ1) is 12.9. The molecule has 0 amide bonds. The van der Waals surface area contributed by atoms with Gasteiger partial charge in [-0.2, -0.15) is 0 Å². The van der Waals surface area contributed by atoms with Crippen molar-refractivity contribution in [1.82, 2.24) is 10.6 Å². The van der Waals surface area contributed by atoms with E-state index in [-0.39, 0.29) is 41.8 Å². The Hall–Kier alpha value is -1.61. The van der Waals surface area contributed by atoms with E-state index in [2.05, 4.69) is 41.6 Å². The number of guanidine groups is 1. The molecule has 0 fully saturated rings. The summed E-state index contributed by atoms with van der Waals surface area (Å²) in [6.45, 7) is 6.11. The van der Waals surface area contributed by atoms with Crippen LogP contribution in [-0.2, 0) is 9.84 Å². The number of sulfone groups is 1. The van der Waals surface area contributed by atoms with E-state index in [1.807, 2.05) is 25.1 Å². The van der Waals surface area contributed by atoms with E-state index in [0.29, 0.717) is 17.3 Å². The maximum atomic E-state index is 12.7. The second-order valence-electron chi connectivity index (χ2n) is 6.64. The minimum Gasteiger partial charge on any atom is -0.353 e. The van der Waals surface area contributed by atoms with Gasteiger partial charge < -0.3 is 10.6 Å². The van der Waals surface area contributed by atoms with Crippen molar-refractivity contribution in [3.63, 3.8) is 0 Å². The lowest BCUT2D eigenvalue weighted by atomic mass is 10.0. The van der Waals surface area contributed by atoms with Crippen LogP contribution in [0, 0.1) is 6.92 Å². The third-order valence-corrected chi connectivity index (χ3v) is 6.42. The van der Waals surface area contributed by atoms with Gasteiger partial charge in [0.05, 0.1) is 16.7 Å². The van der Waals surface area contributed by atoms with E-state index >= 15 is 0 Å². The molecule has 0 radical (unpaired) electrons. The van der Waals surface area contributed by atoms with Crippen LogP contribution in [0.2, 0.25) is 0 Å². The molecule has 2 aromatic rings. The third kappa shape index (κ3) is 6.77. The van der Waals surface area contributed by atoms with Gasteiger partial charge in [-0.05, 0) is 43.5 Å². The Balaban J connectivity index is 0.00000392. The average Bonchev–Trinajstić information content (AvgIpc) is 2.67. The van der Waals surface area contributed by atoms with Crippen LogP contribution >= 0.6 is 24.0 Å². The van der Waals surface area contributed by atoms with Crippen LogP contribution in [0.25, 0.3) is 0 Å². The molecule has 2 rings (SSSR count). The van der Waals surface area contributed by atoms with E-state index in [1.54, 1.807) is 31.3 Å². The summed E-state index contributed by atoms with van der Waals surface area (Å²) in [5.41, 5.74) is 2.39. The highest BCUT2D eigenvalue weighted by molar-refractivity contribution is 14.0. The van der Waals surface area contributed by atoms with Crippen LogP contribution in [0.4, 0.5) is 0 Å². The zero-order valence-electron chi connectivity index (χ0n) is 16.8. The van der Waals surface area contributed by atoms with Crippen molar-refractivity contribution in [2.24, 2.45) is 4.99 Å². The zero-order chi connectivity index (χ0) is 19.9. The van der Waals surface area contributed by atoms with Gasteiger partial charge in [0.1, 0.15) is 0 Å². The van der Waals surface area contributed by atoms with Crippen LogP contribution < -0.4 is 10.6 Å². The number of benzene rings is 2. The fourth-order valence-electron chi connectivity index (χ4n) is 2.97. The first-order valence-corrected chi connectivity index (χ1v) is 10.9. The molecule has 2 unspecified atom stereocenters. The first-order valence-electron chi connectivity index (χ1n) is 9.20. The first kappa shape index (κ1) is 24.4. The van der Waals surface area contributed by atoms with E-state index in [0.717, 1.165) is 0 Å². The van der Waals surface area contributed by atoms with Gasteiger partial charge in [0.15, 0.2) is 15.8 Å². The van der Waals surface area contributed by atoms with Crippen LogP contribution in [0.15, 0.2) is 64.5 Å². The number of nitrogens with one attached hydrogen (secondary N) is 2. The molecule has 2 atom stereocenters. The number of halogens is 1. The number of nitrogens with zero attached hydrogens (tertiary/aromatic N) is 1. The summed E-state index contributed by atoms with van der Waals surface area (Å²) in [6.07, 6.45) is 0.672. The molecular formula is C21H30IN3O2S. The van der Waals surface area contributed by atoms with Crippen molar-refractivity contribution in [1.29, 1.82) is 0 Å². The highest BCUT2D eigenvalue weighted by Gasteiger charge is 2.21. The molecule has 154 valence electrons. The van der Waals surface area contributed by atoms with E-state index in [4.69, 9.17) is 0 Å². The fourth-order valence-corrected chi connectivity index (χ4v) is 4.58. The maximum absolute atomic E-state index is 12.7. The molecule has 0 bridgehead atoms. The molecule has 0 aliphatic rings. The minimum atomic E-state index is -3.36. The molecular weight excluding hydrogens is 485 g/mol. The van der Waals surface area contributed by atoms with Crippen molar-refractivity contribution >= 4 is 39.8 Å². The number of rotatable bonds is 7. The number of hydrogen-bond donors (Lipinski definition) is 2. The zero-order valence-corrected chi connectivity index (χ0v) is 20.0. The summed E-state index contributed by atoms with van der Waals surface area (Å²) in [5.74, 6) is 0.619. The number of aliphatic imine (C=N–C) groups is 1. The lowest BCUT2D eigenvalue weighted by molar-refractivity contribution is 0.564. The summed E-state index contributed by atoms with van der Waals surface area (Å²) < 4.78 is 25.3. The highest BCUT2D eigenvalue weighted by atomic mass is 127. The van der Waals surface area contributed by atoms with Crippen molar-refractivity contribution in [2.45, 2.75) is 44.2 Å². The van der Waals surface area contributed by atoms with E-state index in [1.165, 1.54) is 11.1 Å². The van der Waals surface area contributed by atoms with Gasteiger partial charge in [-0.25, -0.2) is 8.42 Å². The van der Waals surface area contributed by atoms with Gasteiger partial charge in [0.25, 0.3) is 0 Å². The van der Waals surface area contributed by atoms with Crippen LogP contribution in [0.3, 0.4) is 0 Å². The van der Waals surface area contributed by atoms with E-state index in [9.17, 15) is 8.42 Å². The Bertz CT molecular complexity index is 870. The summed E-state index contributed by atoms with van der Waals surface area (Å²) in [4.78, 5) is 4.62. The predicted molar refractivity (Wildman–Crippen MR) is 127 cm³/mol. The molecule has 5 nitrogen and oxygen atoms in total. The largest absolute Gasteiger partial charge is 0.353 e. The SMILES string of the molecule is CCC(CS(=O)(=O)c1ccccc1)NC(=NC)NC(C)c1ccccc1C.I. The molecule has 0 saturated carbocycles. The van der Waals surface area contributed by atoms with Gasteiger partial charge in [0, 0.05) is 13.1 Å². The second-order valence-corrected chi connectivity index (χ2v) is 8.67. The molecule has 0 heterocycles. The molecule has 28 heavy (non-hydrogen) atoms. The molecule has 0 spiro atoms. The Morgan fingerprint density at radius 1 is 1.04 bits per heavy atom. The Morgan fingerprint density at radius 3 is 2.21 bits per heavy atom. The maximum Gasteiger partial charge on any atom is 0.191 e. The topological polar surface area (TPSA) is 70.6 Å². The summed E-state index contributed by atoms with van der Waals surface area (Å²) in [6, 6.07) is 16.6. The van der Waals surface area contributed by atoms with E-state index < -0.39 is 9.84 Å². The van der Waals surface area contributed by atoms with Gasteiger partial charge in [-0.3, -0.25) is 4.99 Å². The highest BCUT2D eigenvalue weighted by Crippen LogP contribution is 2.17. The lowest BCUT2D eigenvalue weighted by Crippen LogP contribution is -2.46. The van der Waals surface area contributed by atoms with Crippen molar-refractivity contribution in [3.8, 4) is 0 Å². The Labute approximate surface area is 186 Å². The molecule has 0 saturated heterocycles. The number of hydrogen-bond acceptors (Lipinski definition) is 3. The standard InChI is InChI=1S/C21H29N3O2S.HI/c1-5-18(15-27(25,26)19-12-7-6-8-13-19)24-21(22-4)23-17(3)20-14-10-9-11-16(20)2;/h6-14,17-18H,5,15H2,1-4H3,(H2,22,23,24);1H. The minimum absolute atomic E-state index is 0. The fraction of sp³-hybridized carbons (Fsp3) is 0.381. The van der Waals surface area contributed by atoms with Crippen molar-refractivity contribution in [2.75, 3.05) is 12.8 Å². The monoisotopic (exact) mass is 515 g/mol. The summed E-state index contributed by atoms with van der Waals surface area (Å²) in [7, 11) is -1.67. The quantitative estimate of drug-likeness (QED) is 0.331. The van der Waals surface area contributed by atoms with Gasteiger partial charge in [-0.15, -0.1) is 24.0 Å². The molecule has 7 heteroatoms. The second kappa shape index (κ2) is 11.4. The Kier molecular flexibility index (Phi) is 9.95. The van der Waals surface area contributed by atoms with Gasteiger partial charge in [0.2, 0.25) is 0 Å². The molecule has 2 aromatic carbocycles. The van der Waals surface area contributed by atoms with Crippen LogP contribution in [-0.4, -0.2) is 33.2 Å². The number of aryl methyl sites for hydroxylation is 1. The summed E-state index contributed by atoms with van der Waals surface area (Å²) >= 11 is 0. The van der Waals surface area contributed by atoms with Crippen molar-refractivity contribution in [3.05, 3.63) is 65.7 Å². The average molecular weight is 515 g/mol. The molecule has 0 aromatic heterocycles. The normalized spacial score (nSPS) is 13.9. The van der Waals surface area contributed by atoms with Crippen LogP contribution in [0.5, 0.6) is 0 Å². The predicted octanol–water partition coefficient (Wildman–Crippen LogP) is 4.09. The molecule has 2 N–H and O–H groups in total. The van der Waals surface area contributed by atoms with Gasteiger partial charge in [-0.1, -0.05) is 49.4 Å². The van der Waals surface area contributed by atoms with Crippen LogP contribution in [0.1, 0.15) is 37.4 Å². The molecule has 0 aliphatic carbocycles. The smallest absolute Gasteiger partial charge is 0.191 e. The van der Waals surface area contributed by atoms with Gasteiger partial charge >= 0.3 is 0 Å². The summed E-state index contributed by atoms with van der Waals surface area (Å²) in [5, 5.41) is 6.62. The lowest BCUT2D eigenvalue weighted by Gasteiger charge is -2.24. The third-order valence-electron chi connectivity index (χ3n) is 4.59. The Morgan fingerprint density at radius 2 is 1.64 bits per heavy atom.